The second kappa shape index (κ2) is 12.5. The van der Waals surface area contributed by atoms with Gasteiger partial charge >= 0.3 is 11.9 Å². The molecule has 1 aliphatic heterocycles. The maximum Gasteiger partial charge on any atom is 0.324 e. The quantitative estimate of drug-likeness (QED) is 0.307. The number of rotatable bonds is 12. The summed E-state index contributed by atoms with van der Waals surface area (Å²) in [5.74, 6) is -1.50. The van der Waals surface area contributed by atoms with Crippen LogP contribution < -0.4 is 14.1 Å². The number of hydrogen-bond donors (Lipinski definition) is 2. The molecular formula is C26H28Cl2N6O6S. The average Bonchev–Trinajstić information content (AvgIpc) is 3.32. The minimum absolute atomic E-state index is 0.0989. The van der Waals surface area contributed by atoms with Gasteiger partial charge in [0.05, 0.1) is 10.6 Å². The lowest BCUT2D eigenvalue weighted by atomic mass is 10.1. The van der Waals surface area contributed by atoms with Crippen molar-refractivity contribution in [3.8, 4) is 0 Å². The Bertz CT molecular complexity index is 1550. The third-order valence-electron chi connectivity index (χ3n) is 6.29. The molecule has 12 nitrogen and oxygen atoms in total. The molecule has 1 aromatic heterocycles. The number of carboxylic acids is 2. The maximum absolute atomic E-state index is 13.5. The fourth-order valence-electron chi connectivity index (χ4n) is 4.40. The van der Waals surface area contributed by atoms with Gasteiger partial charge in [0.15, 0.2) is 0 Å². The summed E-state index contributed by atoms with van der Waals surface area (Å²) in [4.78, 5) is 37.4. The van der Waals surface area contributed by atoms with Gasteiger partial charge in [0.1, 0.15) is 18.9 Å². The molecular weight excluding hydrogens is 595 g/mol. The Hall–Kier alpha value is -3.65. The van der Waals surface area contributed by atoms with Crippen molar-refractivity contribution in [3.05, 3.63) is 64.3 Å². The second-order valence-electron chi connectivity index (χ2n) is 9.56. The molecule has 0 unspecified atom stereocenters. The number of aliphatic carboxylic acids is 2. The van der Waals surface area contributed by atoms with Crippen LogP contribution in [0.3, 0.4) is 0 Å². The largest absolute Gasteiger partial charge is 0.480 e. The fourth-order valence-corrected chi connectivity index (χ4v) is 6.53. The summed E-state index contributed by atoms with van der Waals surface area (Å²) in [7, 11) is -0.535. The average molecular weight is 624 g/mol. The Kier molecular flexibility index (Phi) is 9.22. The molecule has 2 N–H and O–H groups in total. The van der Waals surface area contributed by atoms with Crippen molar-refractivity contribution < 1.29 is 28.2 Å². The van der Waals surface area contributed by atoms with Crippen molar-refractivity contribution in [2.24, 2.45) is 0 Å². The van der Waals surface area contributed by atoms with Crippen molar-refractivity contribution in [3.63, 3.8) is 0 Å². The van der Waals surface area contributed by atoms with Crippen LogP contribution in [0, 0.1) is 0 Å². The van der Waals surface area contributed by atoms with Gasteiger partial charge in [-0.15, -0.1) is 0 Å². The molecule has 2 heterocycles. The minimum atomic E-state index is -4.33. The van der Waals surface area contributed by atoms with E-state index >= 15 is 0 Å². The van der Waals surface area contributed by atoms with Gasteiger partial charge < -0.3 is 24.9 Å². The van der Waals surface area contributed by atoms with E-state index in [4.69, 9.17) is 23.2 Å². The van der Waals surface area contributed by atoms with Crippen LogP contribution in [0.4, 0.5) is 23.1 Å². The van der Waals surface area contributed by atoms with E-state index in [1.165, 1.54) is 24.3 Å². The molecule has 0 spiro atoms. The van der Waals surface area contributed by atoms with E-state index in [9.17, 15) is 28.2 Å². The molecule has 0 saturated heterocycles. The van der Waals surface area contributed by atoms with Gasteiger partial charge in [-0.3, -0.25) is 13.9 Å². The molecule has 3 aromatic rings. The SMILES string of the molecule is CN(C)CCN(CC(=O)O)c1ccnc(N2CCc3cc(N(CC(=O)O)S(=O)(=O)c4cc(Cl)cc(Cl)c4)ccc32)n1. The maximum atomic E-state index is 13.5. The lowest BCUT2D eigenvalue weighted by Crippen LogP contribution is -2.36. The van der Waals surface area contributed by atoms with Crippen molar-refractivity contribution in [1.29, 1.82) is 0 Å². The summed E-state index contributed by atoms with van der Waals surface area (Å²) in [5, 5.41) is 19.1. The lowest BCUT2D eigenvalue weighted by molar-refractivity contribution is -0.136. The number of benzene rings is 2. The van der Waals surface area contributed by atoms with Crippen LogP contribution in [-0.4, -0.2) is 92.3 Å². The predicted molar refractivity (Wildman–Crippen MR) is 156 cm³/mol. The molecule has 218 valence electrons. The summed E-state index contributed by atoms with van der Waals surface area (Å²) in [6, 6.07) is 10.3. The predicted octanol–water partition coefficient (Wildman–Crippen LogP) is 3.21. The summed E-state index contributed by atoms with van der Waals surface area (Å²) < 4.78 is 27.8. The lowest BCUT2D eigenvalue weighted by Gasteiger charge is -2.25. The van der Waals surface area contributed by atoms with E-state index < -0.39 is 28.5 Å². The molecule has 1 aliphatic rings. The Morgan fingerprint density at radius 1 is 0.976 bits per heavy atom. The monoisotopic (exact) mass is 622 g/mol. The number of nitrogens with zero attached hydrogens (tertiary/aromatic N) is 6. The minimum Gasteiger partial charge on any atom is -0.480 e. The highest BCUT2D eigenvalue weighted by atomic mass is 35.5. The molecule has 0 fully saturated rings. The zero-order valence-corrected chi connectivity index (χ0v) is 24.6. The number of aromatic nitrogens is 2. The molecule has 4 rings (SSSR count). The van der Waals surface area contributed by atoms with Crippen LogP contribution >= 0.6 is 23.2 Å². The van der Waals surface area contributed by atoms with E-state index in [1.807, 2.05) is 23.9 Å². The normalized spacial score (nSPS) is 12.9. The summed E-state index contributed by atoms with van der Waals surface area (Å²) in [6.45, 7) is 0.511. The number of likely N-dealkylation sites (N-methyl/N-ethyl adjacent to an activating group) is 1. The first-order chi connectivity index (χ1) is 19.3. The van der Waals surface area contributed by atoms with Gasteiger partial charge in [0.2, 0.25) is 5.95 Å². The van der Waals surface area contributed by atoms with Crippen molar-refractivity contribution in [1.82, 2.24) is 14.9 Å². The van der Waals surface area contributed by atoms with Gasteiger partial charge in [0.25, 0.3) is 10.0 Å². The van der Waals surface area contributed by atoms with Crippen LogP contribution in [0.15, 0.2) is 53.6 Å². The molecule has 15 heteroatoms. The van der Waals surface area contributed by atoms with Gasteiger partial charge in [-0.25, -0.2) is 13.4 Å². The highest BCUT2D eigenvalue weighted by molar-refractivity contribution is 7.92. The van der Waals surface area contributed by atoms with Gasteiger partial charge in [-0.05, 0) is 68.5 Å². The Balaban J connectivity index is 1.66. The summed E-state index contributed by atoms with van der Waals surface area (Å²) >= 11 is 12.0. The summed E-state index contributed by atoms with van der Waals surface area (Å²) in [5.41, 5.74) is 1.65. The van der Waals surface area contributed by atoms with Crippen LogP contribution in [0.1, 0.15) is 5.56 Å². The molecule has 0 amide bonds. The van der Waals surface area contributed by atoms with Crippen LogP contribution in [-0.2, 0) is 26.0 Å². The van der Waals surface area contributed by atoms with Gasteiger partial charge in [0, 0.05) is 41.6 Å². The molecule has 0 radical (unpaired) electrons. The number of fused-ring (bicyclic) bond motifs is 1. The first-order valence-corrected chi connectivity index (χ1v) is 14.6. The Morgan fingerprint density at radius 3 is 2.29 bits per heavy atom. The van der Waals surface area contributed by atoms with Crippen molar-refractivity contribution in [2.45, 2.75) is 11.3 Å². The number of carbonyl (C=O) groups is 2. The third-order valence-corrected chi connectivity index (χ3v) is 8.47. The summed E-state index contributed by atoms with van der Waals surface area (Å²) in [6.07, 6.45) is 2.08. The smallest absolute Gasteiger partial charge is 0.324 e. The highest BCUT2D eigenvalue weighted by Crippen LogP contribution is 2.37. The van der Waals surface area contributed by atoms with Crippen LogP contribution in [0.2, 0.25) is 10.0 Å². The molecule has 41 heavy (non-hydrogen) atoms. The standard InChI is InChI=1S/C26H28Cl2N6O6S/c1-31(2)9-10-32(15-24(35)36)23-5-7-29-26(30-23)33-8-6-17-11-20(3-4-22(17)33)34(16-25(37)38)41(39,40)21-13-18(27)12-19(28)14-21/h3-5,7,11-14H,6,8-10,15-16H2,1-2H3,(H,35,36)(H,37,38). The molecule has 0 bridgehead atoms. The molecule has 2 aromatic carbocycles. The molecule has 0 saturated carbocycles. The van der Waals surface area contributed by atoms with E-state index in [1.54, 1.807) is 29.3 Å². The highest BCUT2D eigenvalue weighted by Gasteiger charge is 2.30. The van der Waals surface area contributed by atoms with Gasteiger partial charge in [-0.2, -0.15) is 4.98 Å². The Morgan fingerprint density at radius 2 is 1.66 bits per heavy atom. The van der Waals surface area contributed by atoms with Crippen molar-refractivity contribution >= 4 is 68.3 Å². The van der Waals surface area contributed by atoms with Crippen LogP contribution in [0.25, 0.3) is 0 Å². The van der Waals surface area contributed by atoms with Crippen LogP contribution in [0.5, 0.6) is 0 Å². The fraction of sp³-hybridized carbons (Fsp3) is 0.308. The number of sulfonamides is 1. The van der Waals surface area contributed by atoms with E-state index in [-0.39, 0.29) is 27.2 Å². The molecule has 0 aliphatic carbocycles. The number of hydrogen-bond acceptors (Lipinski definition) is 9. The van der Waals surface area contributed by atoms with Crippen molar-refractivity contribution in [2.75, 3.05) is 60.9 Å². The first kappa shape index (κ1) is 30.3. The number of anilines is 4. The Labute approximate surface area is 247 Å². The third kappa shape index (κ3) is 7.17. The molecule has 0 atom stereocenters. The first-order valence-electron chi connectivity index (χ1n) is 12.4. The van der Waals surface area contributed by atoms with Gasteiger partial charge in [-0.1, -0.05) is 23.2 Å². The topological polar surface area (TPSA) is 147 Å². The number of carboxylic acid groups (broad SMARTS) is 2. The second-order valence-corrected chi connectivity index (χ2v) is 12.3. The number of halogens is 2. The van der Waals surface area contributed by atoms with E-state index in [0.29, 0.717) is 37.8 Å². The zero-order valence-electron chi connectivity index (χ0n) is 22.2. The van der Waals surface area contributed by atoms with E-state index in [0.717, 1.165) is 15.6 Å². The van der Waals surface area contributed by atoms with E-state index in [2.05, 4.69) is 9.97 Å². The zero-order chi connectivity index (χ0) is 29.9.